The zero-order chi connectivity index (χ0) is 13.7. The Morgan fingerprint density at radius 2 is 2.16 bits per heavy atom. The Morgan fingerprint density at radius 3 is 2.89 bits per heavy atom. The highest BCUT2D eigenvalue weighted by Gasteiger charge is 2.07. The van der Waals surface area contributed by atoms with Crippen LogP contribution in [0.1, 0.15) is 16.7 Å². The number of hydrogen-bond donors (Lipinski definition) is 1. The molecular formula is C15H17BrN2O. The first kappa shape index (κ1) is 14.0. The van der Waals surface area contributed by atoms with E-state index in [-0.39, 0.29) is 0 Å². The number of pyridine rings is 1. The van der Waals surface area contributed by atoms with Gasteiger partial charge in [-0.3, -0.25) is 4.98 Å². The molecule has 1 aromatic carbocycles. The lowest BCUT2D eigenvalue weighted by molar-refractivity contribution is 0.300. The van der Waals surface area contributed by atoms with Gasteiger partial charge in [-0.1, -0.05) is 12.1 Å². The summed E-state index contributed by atoms with van der Waals surface area (Å²) < 4.78 is 6.91. The van der Waals surface area contributed by atoms with Crippen LogP contribution in [-0.2, 0) is 13.2 Å². The summed E-state index contributed by atoms with van der Waals surface area (Å²) in [6, 6.07) is 8.15. The van der Waals surface area contributed by atoms with Crippen LogP contribution in [-0.4, -0.2) is 12.0 Å². The van der Waals surface area contributed by atoms with E-state index in [1.54, 1.807) is 0 Å². The van der Waals surface area contributed by atoms with Gasteiger partial charge in [-0.25, -0.2) is 0 Å². The quantitative estimate of drug-likeness (QED) is 0.916. The van der Waals surface area contributed by atoms with Gasteiger partial charge in [0.25, 0.3) is 0 Å². The van der Waals surface area contributed by atoms with E-state index in [0.717, 1.165) is 33.5 Å². The molecule has 0 unspecified atom stereocenters. The number of benzene rings is 1. The highest BCUT2D eigenvalue weighted by Crippen LogP contribution is 2.29. The van der Waals surface area contributed by atoms with Crippen LogP contribution in [0, 0.1) is 6.92 Å². The summed E-state index contributed by atoms with van der Waals surface area (Å²) >= 11 is 3.54. The van der Waals surface area contributed by atoms with Crippen molar-refractivity contribution in [2.75, 3.05) is 7.05 Å². The fraction of sp³-hybridized carbons (Fsp3) is 0.267. The third-order valence-electron chi connectivity index (χ3n) is 2.73. The molecule has 2 aromatic rings. The summed E-state index contributed by atoms with van der Waals surface area (Å²) in [6.45, 7) is 3.33. The van der Waals surface area contributed by atoms with E-state index in [1.165, 1.54) is 0 Å². The molecule has 2 rings (SSSR count). The number of aryl methyl sites for hydroxylation is 1. The predicted octanol–water partition coefficient (Wildman–Crippen LogP) is 3.45. The Hall–Kier alpha value is -1.39. The molecule has 4 heteroatoms. The molecule has 0 spiro atoms. The number of nitrogens with zero attached hydrogens (tertiary/aromatic N) is 1. The van der Waals surface area contributed by atoms with E-state index in [4.69, 9.17) is 4.74 Å². The normalized spacial score (nSPS) is 10.5. The third kappa shape index (κ3) is 3.78. The molecule has 0 saturated carbocycles. The molecule has 1 N–H and O–H groups in total. The van der Waals surface area contributed by atoms with Crippen molar-refractivity contribution in [2.45, 2.75) is 20.1 Å². The van der Waals surface area contributed by atoms with Gasteiger partial charge >= 0.3 is 0 Å². The number of nitrogens with one attached hydrogen (secondary N) is 1. The third-order valence-corrected chi connectivity index (χ3v) is 3.35. The Morgan fingerprint density at radius 1 is 1.32 bits per heavy atom. The van der Waals surface area contributed by atoms with Crippen molar-refractivity contribution in [1.82, 2.24) is 10.3 Å². The second-order valence-corrected chi connectivity index (χ2v) is 5.27. The van der Waals surface area contributed by atoms with Crippen molar-refractivity contribution in [1.29, 1.82) is 0 Å². The average Bonchev–Trinajstić information content (AvgIpc) is 2.38. The molecular weight excluding hydrogens is 304 g/mol. The maximum absolute atomic E-state index is 5.93. The van der Waals surface area contributed by atoms with Gasteiger partial charge in [0.2, 0.25) is 0 Å². The topological polar surface area (TPSA) is 34.1 Å². The minimum Gasteiger partial charge on any atom is -0.487 e. The van der Waals surface area contributed by atoms with Crippen molar-refractivity contribution in [2.24, 2.45) is 0 Å². The van der Waals surface area contributed by atoms with E-state index in [2.05, 4.69) is 38.4 Å². The monoisotopic (exact) mass is 320 g/mol. The summed E-state index contributed by atoms with van der Waals surface area (Å²) in [6.07, 6.45) is 3.68. The highest BCUT2D eigenvalue weighted by atomic mass is 79.9. The SMILES string of the molecule is CNCc1cccc(Br)c1OCc1cncc(C)c1. The van der Waals surface area contributed by atoms with Gasteiger partial charge in [0, 0.05) is 30.1 Å². The first-order chi connectivity index (χ1) is 9.20. The van der Waals surface area contributed by atoms with Crippen LogP contribution < -0.4 is 10.1 Å². The molecule has 0 saturated heterocycles. The summed E-state index contributed by atoms with van der Waals surface area (Å²) in [5, 5.41) is 3.15. The molecule has 0 aliphatic heterocycles. The average molecular weight is 321 g/mol. The van der Waals surface area contributed by atoms with Gasteiger partial charge in [0.05, 0.1) is 4.47 Å². The second kappa shape index (κ2) is 6.68. The molecule has 0 aliphatic rings. The molecule has 0 fully saturated rings. The number of ether oxygens (including phenoxy) is 1. The van der Waals surface area contributed by atoms with Crippen molar-refractivity contribution in [3.8, 4) is 5.75 Å². The zero-order valence-electron chi connectivity index (χ0n) is 11.1. The maximum Gasteiger partial charge on any atom is 0.138 e. The van der Waals surface area contributed by atoms with E-state index < -0.39 is 0 Å². The van der Waals surface area contributed by atoms with Gasteiger partial charge in [0.15, 0.2) is 0 Å². The molecule has 100 valence electrons. The van der Waals surface area contributed by atoms with Gasteiger partial charge in [0.1, 0.15) is 12.4 Å². The van der Waals surface area contributed by atoms with Crippen molar-refractivity contribution < 1.29 is 4.74 Å². The van der Waals surface area contributed by atoms with Crippen molar-refractivity contribution >= 4 is 15.9 Å². The molecule has 0 atom stereocenters. The number of halogens is 1. The lowest BCUT2D eigenvalue weighted by Gasteiger charge is -2.13. The smallest absolute Gasteiger partial charge is 0.138 e. The van der Waals surface area contributed by atoms with E-state index >= 15 is 0 Å². The Bertz CT molecular complexity index is 558. The summed E-state index contributed by atoms with van der Waals surface area (Å²) in [4.78, 5) is 4.17. The lowest BCUT2D eigenvalue weighted by Crippen LogP contribution is -2.08. The van der Waals surface area contributed by atoms with E-state index in [0.29, 0.717) is 6.61 Å². The second-order valence-electron chi connectivity index (χ2n) is 4.42. The Kier molecular flexibility index (Phi) is 4.93. The van der Waals surface area contributed by atoms with Gasteiger partial charge in [-0.05, 0) is 47.6 Å². The minimum atomic E-state index is 0.522. The maximum atomic E-state index is 5.93. The molecule has 1 heterocycles. The van der Waals surface area contributed by atoms with Crippen molar-refractivity contribution in [3.63, 3.8) is 0 Å². The van der Waals surface area contributed by atoms with Gasteiger partial charge < -0.3 is 10.1 Å². The Balaban J connectivity index is 2.14. The summed E-state index contributed by atoms with van der Waals surface area (Å²) in [5.41, 5.74) is 3.35. The first-order valence-corrected chi connectivity index (χ1v) is 6.95. The van der Waals surface area contributed by atoms with Crippen LogP contribution in [0.3, 0.4) is 0 Å². The summed E-state index contributed by atoms with van der Waals surface area (Å²) in [7, 11) is 1.93. The number of para-hydroxylation sites is 1. The van der Waals surface area contributed by atoms with Crippen LogP contribution in [0.25, 0.3) is 0 Å². The predicted molar refractivity (Wildman–Crippen MR) is 80.2 cm³/mol. The van der Waals surface area contributed by atoms with E-state index in [9.17, 15) is 0 Å². The molecule has 0 bridgehead atoms. The molecule has 0 aliphatic carbocycles. The number of aromatic nitrogens is 1. The first-order valence-electron chi connectivity index (χ1n) is 6.16. The van der Waals surface area contributed by atoms with Crippen LogP contribution in [0.4, 0.5) is 0 Å². The largest absolute Gasteiger partial charge is 0.487 e. The van der Waals surface area contributed by atoms with Crippen LogP contribution in [0.15, 0.2) is 41.1 Å². The van der Waals surface area contributed by atoms with Crippen LogP contribution in [0.5, 0.6) is 5.75 Å². The summed E-state index contributed by atoms with van der Waals surface area (Å²) in [5.74, 6) is 0.887. The van der Waals surface area contributed by atoms with Crippen LogP contribution >= 0.6 is 15.9 Å². The molecule has 0 radical (unpaired) electrons. The molecule has 1 aromatic heterocycles. The van der Waals surface area contributed by atoms with Gasteiger partial charge in [-0.15, -0.1) is 0 Å². The van der Waals surface area contributed by atoms with Crippen LogP contribution in [0.2, 0.25) is 0 Å². The minimum absolute atomic E-state index is 0.522. The Labute approximate surface area is 122 Å². The number of rotatable bonds is 5. The van der Waals surface area contributed by atoms with Crippen molar-refractivity contribution in [3.05, 3.63) is 57.8 Å². The lowest BCUT2D eigenvalue weighted by atomic mass is 10.2. The van der Waals surface area contributed by atoms with Gasteiger partial charge in [-0.2, -0.15) is 0 Å². The molecule has 0 amide bonds. The fourth-order valence-corrected chi connectivity index (χ4v) is 2.42. The standard InChI is InChI=1S/C15H17BrN2O/c1-11-6-12(8-18-7-11)10-19-15-13(9-17-2)4-3-5-14(15)16/h3-8,17H,9-10H2,1-2H3. The highest BCUT2D eigenvalue weighted by molar-refractivity contribution is 9.10. The molecule has 19 heavy (non-hydrogen) atoms. The fourth-order valence-electron chi connectivity index (χ4n) is 1.90. The molecule has 3 nitrogen and oxygen atoms in total. The number of hydrogen-bond acceptors (Lipinski definition) is 3. The van der Waals surface area contributed by atoms with E-state index in [1.807, 2.05) is 38.5 Å². The zero-order valence-corrected chi connectivity index (χ0v) is 12.7.